The van der Waals surface area contributed by atoms with Crippen molar-refractivity contribution in [1.82, 2.24) is 19.4 Å². The normalized spacial score (nSPS) is 14.8. The van der Waals surface area contributed by atoms with E-state index in [4.69, 9.17) is 9.47 Å². The number of ether oxygens (including phenoxy) is 2. The van der Waals surface area contributed by atoms with Gasteiger partial charge in [-0.1, -0.05) is 0 Å². The fourth-order valence-corrected chi connectivity index (χ4v) is 4.42. The third-order valence-corrected chi connectivity index (χ3v) is 6.15. The van der Waals surface area contributed by atoms with E-state index < -0.39 is 10.0 Å². The van der Waals surface area contributed by atoms with Gasteiger partial charge in [-0.15, -0.1) is 0 Å². The smallest absolute Gasteiger partial charge is 0.254 e. The second kappa shape index (κ2) is 8.93. The Morgan fingerprint density at radius 3 is 2.66 bits per heavy atom. The average Bonchev–Trinajstić information content (AvgIpc) is 3.11. The Labute approximate surface area is 170 Å². The summed E-state index contributed by atoms with van der Waals surface area (Å²) >= 11 is 0. The number of benzene rings is 1. The quantitative estimate of drug-likeness (QED) is 0.719. The van der Waals surface area contributed by atoms with Gasteiger partial charge in [-0.3, -0.25) is 9.48 Å². The molecule has 1 amide bonds. The second-order valence-electron chi connectivity index (χ2n) is 6.69. The standard InChI is InChI=1S/C19H26N4O5S/c1-4-23-16(11-14(2)21-23)13-20-29(25,26)18-12-15(5-6-17(18)27-3)19(24)22-7-9-28-10-8-22/h5-6,11-12,20H,4,7-10,13H2,1-3H3. The van der Waals surface area contributed by atoms with E-state index in [1.807, 2.05) is 19.9 Å². The molecule has 0 radical (unpaired) electrons. The third kappa shape index (κ3) is 4.77. The Bertz CT molecular complexity index is 980. The van der Waals surface area contributed by atoms with Gasteiger partial charge in [0.2, 0.25) is 10.0 Å². The molecule has 0 aliphatic carbocycles. The van der Waals surface area contributed by atoms with Gasteiger partial charge < -0.3 is 14.4 Å². The van der Waals surface area contributed by atoms with Crippen LogP contribution in [0.1, 0.15) is 28.7 Å². The summed E-state index contributed by atoms with van der Waals surface area (Å²) < 4.78 is 40.8. The maximum Gasteiger partial charge on any atom is 0.254 e. The zero-order chi connectivity index (χ0) is 21.0. The molecule has 2 aromatic rings. The monoisotopic (exact) mass is 422 g/mol. The largest absolute Gasteiger partial charge is 0.495 e. The Hall–Kier alpha value is -2.43. The van der Waals surface area contributed by atoms with E-state index in [9.17, 15) is 13.2 Å². The molecular weight excluding hydrogens is 396 g/mol. The Kier molecular flexibility index (Phi) is 6.56. The van der Waals surface area contributed by atoms with E-state index in [1.54, 1.807) is 15.6 Å². The van der Waals surface area contributed by atoms with Gasteiger partial charge in [0.05, 0.1) is 38.3 Å². The molecular formula is C19H26N4O5S. The molecule has 0 atom stereocenters. The highest BCUT2D eigenvalue weighted by Crippen LogP contribution is 2.26. The van der Waals surface area contributed by atoms with Gasteiger partial charge in [0.1, 0.15) is 10.6 Å². The van der Waals surface area contributed by atoms with E-state index in [1.165, 1.54) is 19.2 Å². The Balaban J connectivity index is 1.85. The molecule has 3 rings (SSSR count). The van der Waals surface area contributed by atoms with Crippen LogP contribution >= 0.6 is 0 Å². The molecule has 1 saturated heterocycles. The molecule has 10 heteroatoms. The minimum absolute atomic E-state index is 0.0709. The SMILES string of the molecule is CCn1nc(C)cc1CNS(=O)(=O)c1cc(C(=O)N2CCOCC2)ccc1OC. The minimum Gasteiger partial charge on any atom is -0.495 e. The van der Waals surface area contributed by atoms with Crippen molar-refractivity contribution in [2.45, 2.75) is 31.8 Å². The van der Waals surface area contributed by atoms with Crippen LogP contribution in [0.2, 0.25) is 0 Å². The predicted molar refractivity (Wildman–Crippen MR) is 106 cm³/mol. The lowest BCUT2D eigenvalue weighted by molar-refractivity contribution is 0.0302. The van der Waals surface area contributed by atoms with Gasteiger partial charge in [-0.25, -0.2) is 13.1 Å². The van der Waals surface area contributed by atoms with Gasteiger partial charge in [0.15, 0.2) is 0 Å². The van der Waals surface area contributed by atoms with Crippen molar-refractivity contribution in [3.05, 3.63) is 41.2 Å². The molecule has 1 aromatic carbocycles. The molecule has 2 heterocycles. The van der Waals surface area contributed by atoms with Gasteiger partial charge in [-0.2, -0.15) is 5.10 Å². The summed E-state index contributed by atoms with van der Waals surface area (Å²) in [6.45, 7) is 6.41. The molecule has 1 N–H and O–H groups in total. The minimum atomic E-state index is -3.92. The number of rotatable bonds is 7. The topological polar surface area (TPSA) is 103 Å². The molecule has 1 fully saturated rings. The van der Waals surface area contributed by atoms with Crippen molar-refractivity contribution in [3.8, 4) is 5.75 Å². The molecule has 1 aliphatic heterocycles. The maximum atomic E-state index is 13.0. The van der Waals surface area contributed by atoms with E-state index >= 15 is 0 Å². The fourth-order valence-electron chi connectivity index (χ4n) is 3.23. The number of methoxy groups -OCH3 is 1. The molecule has 0 spiro atoms. The maximum absolute atomic E-state index is 13.0. The first-order chi connectivity index (χ1) is 13.9. The summed E-state index contributed by atoms with van der Waals surface area (Å²) in [5.41, 5.74) is 1.87. The molecule has 9 nitrogen and oxygen atoms in total. The van der Waals surface area contributed by atoms with Crippen LogP contribution in [0.25, 0.3) is 0 Å². The van der Waals surface area contributed by atoms with Crippen LogP contribution in [0, 0.1) is 6.92 Å². The lowest BCUT2D eigenvalue weighted by atomic mass is 10.2. The van der Waals surface area contributed by atoms with Gasteiger partial charge in [0, 0.05) is 25.2 Å². The highest BCUT2D eigenvalue weighted by Gasteiger charge is 2.25. The van der Waals surface area contributed by atoms with Crippen LogP contribution in [0.5, 0.6) is 5.75 Å². The van der Waals surface area contributed by atoms with Crippen LogP contribution in [0.3, 0.4) is 0 Å². The number of morpholine rings is 1. The first-order valence-electron chi connectivity index (χ1n) is 9.43. The number of hydrogen-bond acceptors (Lipinski definition) is 6. The summed E-state index contributed by atoms with van der Waals surface area (Å²) in [5.74, 6) is -0.0525. The van der Waals surface area contributed by atoms with Gasteiger partial charge in [0.25, 0.3) is 5.91 Å². The van der Waals surface area contributed by atoms with E-state index in [2.05, 4.69) is 9.82 Å². The third-order valence-electron chi connectivity index (χ3n) is 4.73. The molecule has 158 valence electrons. The molecule has 0 saturated carbocycles. The van der Waals surface area contributed by atoms with E-state index in [-0.39, 0.29) is 23.1 Å². The Morgan fingerprint density at radius 2 is 2.00 bits per heavy atom. The van der Waals surface area contributed by atoms with Crippen molar-refractivity contribution in [2.24, 2.45) is 0 Å². The van der Waals surface area contributed by atoms with Crippen LogP contribution in [-0.2, 0) is 27.8 Å². The van der Waals surface area contributed by atoms with Crippen LogP contribution in [-0.4, -0.2) is 62.4 Å². The number of hydrogen-bond donors (Lipinski definition) is 1. The summed E-state index contributed by atoms with van der Waals surface area (Å²) in [7, 11) is -2.52. The number of aromatic nitrogens is 2. The Morgan fingerprint density at radius 1 is 1.28 bits per heavy atom. The number of amides is 1. The molecule has 0 bridgehead atoms. The summed E-state index contributed by atoms with van der Waals surface area (Å²) in [6, 6.07) is 6.27. The van der Waals surface area contributed by atoms with Crippen LogP contribution in [0.4, 0.5) is 0 Å². The van der Waals surface area contributed by atoms with Crippen molar-refractivity contribution in [3.63, 3.8) is 0 Å². The van der Waals surface area contributed by atoms with E-state index in [0.29, 0.717) is 38.4 Å². The summed E-state index contributed by atoms with van der Waals surface area (Å²) in [4.78, 5) is 14.3. The summed E-state index contributed by atoms with van der Waals surface area (Å²) in [6.07, 6.45) is 0. The summed E-state index contributed by atoms with van der Waals surface area (Å²) in [5, 5.41) is 4.32. The first kappa shape index (κ1) is 21.3. The number of aryl methyl sites for hydroxylation is 2. The van der Waals surface area contributed by atoms with Crippen LogP contribution in [0.15, 0.2) is 29.2 Å². The number of carbonyl (C=O) groups excluding carboxylic acids is 1. The van der Waals surface area contributed by atoms with Crippen molar-refractivity contribution < 1.29 is 22.7 Å². The lowest BCUT2D eigenvalue weighted by Gasteiger charge is -2.27. The lowest BCUT2D eigenvalue weighted by Crippen LogP contribution is -2.40. The second-order valence-corrected chi connectivity index (χ2v) is 8.42. The zero-order valence-electron chi connectivity index (χ0n) is 16.8. The molecule has 1 aromatic heterocycles. The predicted octanol–water partition coefficient (Wildman–Crippen LogP) is 1.17. The number of nitrogens with zero attached hydrogens (tertiary/aromatic N) is 3. The molecule has 1 aliphatic rings. The van der Waals surface area contributed by atoms with Crippen LogP contribution < -0.4 is 9.46 Å². The van der Waals surface area contributed by atoms with Crippen molar-refractivity contribution >= 4 is 15.9 Å². The number of nitrogens with one attached hydrogen (secondary N) is 1. The van der Waals surface area contributed by atoms with Crippen molar-refractivity contribution in [2.75, 3.05) is 33.4 Å². The highest BCUT2D eigenvalue weighted by molar-refractivity contribution is 7.89. The first-order valence-corrected chi connectivity index (χ1v) is 10.9. The average molecular weight is 423 g/mol. The van der Waals surface area contributed by atoms with Gasteiger partial charge >= 0.3 is 0 Å². The number of sulfonamides is 1. The molecule has 0 unspecified atom stereocenters. The highest BCUT2D eigenvalue weighted by atomic mass is 32.2. The number of carbonyl (C=O) groups is 1. The molecule has 29 heavy (non-hydrogen) atoms. The van der Waals surface area contributed by atoms with Gasteiger partial charge in [-0.05, 0) is 38.1 Å². The fraction of sp³-hybridized carbons (Fsp3) is 0.474. The zero-order valence-corrected chi connectivity index (χ0v) is 17.7. The van der Waals surface area contributed by atoms with Crippen molar-refractivity contribution in [1.29, 1.82) is 0 Å². The van der Waals surface area contributed by atoms with E-state index in [0.717, 1.165) is 11.4 Å².